The molecule has 0 aromatic carbocycles. The first-order valence-electron chi connectivity index (χ1n) is 6.33. The van der Waals surface area contributed by atoms with Crippen molar-refractivity contribution in [3.8, 4) is 5.88 Å². The quantitative estimate of drug-likeness (QED) is 0.871. The van der Waals surface area contributed by atoms with Gasteiger partial charge in [0.05, 0.1) is 6.61 Å². The van der Waals surface area contributed by atoms with Gasteiger partial charge in [0.1, 0.15) is 12.1 Å². The van der Waals surface area contributed by atoms with Crippen molar-refractivity contribution < 1.29 is 4.74 Å². The molecule has 1 N–H and O–H groups in total. The topological polar surface area (TPSA) is 47.0 Å². The highest BCUT2D eigenvalue weighted by molar-refractivity contribution is 5.39. The SMILES string of the molecule is CCOc1cc(NC2CCCC2(C)C)ncn1. The van der Waals surface area contributed by atoms with E-state index in [4.69, 9.17) is 4.74 Å². The van der Waals surface area contributed by atoms with Crippen LogP contribution >= 0.6 is 0 Å². The Morgan fingerprint density at radius 3 is 2.94 bits per heavy atom. The molecule has 4 heteroatoms. The summed E-state index contributed by atoms with van der Waals surface area (Å²) in [5, 5.41) is 3.50. The van der Waals surface area contributed by atoms with Crippen LogP contribution in [0, 0.1) is 5.41 Å². The Bertz CT molecular complexity index is 379. The highest BCUT2D eigenvalue weighted by Gasteiger charge is 2.34. The summed E-state index contributed by atoms with van der Waals surface area (Å²) in [6.07, 6.45) is 5.32. The summed E-state index contributed by atoms with van der Waals surface area (Å²) in [4.78, 5) is 8.32. The minimum absolute atomic E-state index is 0.344. The Kier molecular flexibility index (Phi) is 3.50. The third-order valence-electron chi connectivity index (χ3n) is 3.51. The standard InChI is InChI=1S/C13H21N3O/c1-4-17-12-8-11(14-9-15-12)16-10-6-5-7-13(10,2)3/h8-10H,4-7H2,1-3H3,(H,14,15,16). The lowest BCUT2D eigenvalue weighted by atomic mass is 9.87. The monoisotopic (exact) mass is 235 g/mol. The maximum atomic E-state index is 5.37. The number of nitrogens with zero attached hydrogens (tertiary/aromatic N) is 2. The van der Waals surface area contributed by atoms with Crippen molar-refractivity contribution in [2.45, 2.75) is 46.1 Å². The lowest BCUT2D eigenvalue weighted by Crippen LogP contribution is -2.31. The van der Waals surface area contributed by atoms with Gasteiger partial charge in [0, 0.05) is 12.1 Å². The number of ether oxygens (including phenoxy) is 1. The lowest BCUT2D eigenvalue weighted by Gasteiger charge is -2.28. The van der Waals surface area contributed by atoms with Crippen LogP contribution in [0.4, 0.5) is 5.82 Å². The largest absolute Gasteiger partial charge is 0.478 e. The Labute approximate surface area is 103 Å². The second-order valence-electron chi connectivity index (χ2n) is 5.25. The van der Waals surface area contributed by atoms with Crippen LogP contribution in [0.15, 0.2) is 12.4 Å². The van der Waals surface area contributed by atoms with Crippen LogP contribution in [0.25, 0.3) is 0 Å². The van der Waals surface area contributed by atoms with Gasteiger partial charge in [0.2, 0.25) is 5.88 Å². The minimum Gasteiger partial charge on any atom is -0.478 e. The summed E-state index contributed by atoms with van der Waals surface area (Å²) in [5.74, 6) is 1.50. The lowest BCUT2D eigenvalue weighted by molar-refractivity contribution is 0.325. The zero-order valence-electron chi connectivity index (χ0n) is 10.9. The molecule has 1 heterocycles. The smallest absolute Gasteiger partial charge is 0.218 e. The number of hydrogen-bond donors (Lipinski definition) is 1. The van der Waals surface area contributed by atoms with Gasteiger partial charge in [-0.25, -0.2) is 9.97 Å². The molecule has 1 atom stereocenters. The summed E-state index contributed by atoms with van der Waals surface area (Å²) in [6.45, 7) is 7.20. The maximum Gasteiger partial charge on any atom is 0.218 e. The molecule has 1 aliphatic rings. The minimum atomic E-state index is 0.344. The third-order valence-corrected chi connectivity index (χ3v) is 3.51. The Hall–Kier alpha value is -1.32. The molecule has 1 fully saturated rings. The van der Waals surface area contributed by atoms with E-state index in [0.29, 0.717) is 23.9 Å². The van der Waals surface area contributed by atoms with Gasteiger partial charge in [-0.05, 0) is 25.2 Å². The van der Waals surface area contributed by atoms with Gasteiger partial charge in [-0.15, -0.1) is 0 Å². The Morgan fingerprint density at radius 2 is 2.29 bits per heavy atom. The Balaban J connectivity index is 2.05. The molecular weight excluding hydrogens is 214 g/mol. The predicted molar refractivity (Wildman–Crippen MR) is 68.2 cm³/mol. The third kappa shape index (κ3) is 2.87. The highest BCUT2D eigenvalue weighted by Crippen LogP contribution is 2.38. The van der Waals surface area contributed by atoms with E-state index >= 15 is 0 Å². The zero-order valence-corrected chi connectivity index (χ0v) is 10.9. The van der Waals surface area contributed by atoms with Crippen molar-refractivity contribution in [2.75, 3.05) is 11.9 Å². The number of rotatable bonds is 4. The van der Waals surface area contributed by atoms with Crippen LogP contribution in [0.1, 0.15) is 40.0 Å². The van der Waals surface area contributed by atoms with E-state index < -0.39 is 0 Å². The molecule has 94 valence electrons. The van der Waals surface area contributed by atoms with E-state index in [1.807, 2.05) is 13.0 Å². The van der Waals surface area contributed by atoms with Gasteiger partial charge < -0.3 is 10.1 Å². The first-order chi connectivity index (χ1) is 8.12. The van der Waals surface area contributed by atoms with Gasteiger partial charge in [-0.1, -0.05) is 20.3 Å². The number of aromatic nitrogens is 2. The molecule has 2 rings (SSSR count). The van der Waals surface area contributed by atoms with Crippen LogP contribution in [-0.2, 0) is 0 Å². The van der Waals surface area contributed by atoms with E-state index in [2.05, 4.69) is 29.1 Å². The summed E-state index contributed by atoms with van der Waals surface area (Å²) in [6, 6.07) is 2.37. The van der Waals surface area contributed by atoms with E-state index in [1.165, 1.54) is 19.3 Å². The van der Waals surface area contributed by atoms with E-state index in [1.54, 1.807) is 6.33 Å². The van der Waals surface area contributed by atoms with E-state index in [9.17, 15) is 0 Å². The van der Waals surface area contributed by atoms with Gasteiger partial charge in [-0.3, -0.25) is 0 Å². The molecule has 4 nitrogen and oxygen atoms in total. The Morgan fingerprint density at radius 1 is 1.47 bits per heavy atom. The molecule has 1 aromatic heterocycles. The average molecular weight is 235 g/mol. The highest BCUT2D eigenvalue weighted by atomic mass is 16.5. The maximum absolute atomic E-state index is 5.37. The van der Waals surface area contributed by atoms with Crippen molar-refractivity contribution in [1.82, 2.24) is 9.97 Å². The molecule has 0 amide bonds. The summed E-state index contributed by atoms with van der Waals surface area (Å²) in [7, 11) is 0. The van der Waals surface area contributed by atoms with Gasteiger partial charge in [0.25, 0.3) is 0 Å². The van der Waals surface area contributed by atoms with Crippen LogP contribution in [0.2, 0.25) is 0 Å². The average Bonchev–Trinajstić information content (AvgIpc) is 2.59. The molecule has 17 heavy (non-hydrogen) atoms. The molecule has 0 spiro atoms. The number of hydrogen-bond acceptors (Lipinski definition) is 4. The molecule has 0 radical (unpaired) electrons. The second-order valence-corrected chi connectivity index (χ2v) is 5.25. The molecule has 1 unspecified atom stereocenters. The van der Waals surface area contributed by atoms with Crippen molar-refractivity contribution in [2.24, 2.45) is 5.41 Å². The molecule has 1 aromatic rings. The molecule has 0 saturated heterocycles. The van der Waals surface area contributed by atoms with Gasteiger partial charge >= 0.3 is 0 Å². The number of anilines is 1. The van der Waals surface area contributed by atoms with Crippen molar-refractivity contribution in [3.05, 3.63) is 12.4 Å². The van der Waals surface area contributed by atoms with Crippen molar-refractivity contribution >= 4 is 5.82 Å². The first kappa shape index (κ1) is 12.1. The molecule has 0 bridgehead atoms. The van der Waals surface area contributed by atoms with Crippen LogP contribution < -0.4 is 10.1 Å². The van der Waals surface area contributed by atoms with Crippen molar-refractivity contribution in [3.63, 3.8) is 0 Å². The van der Waals surface area contributed by atoms with Gasteiger partial charge in [-0.2, -0.15) is 0 Å². The number of nitrogens with one attached hydrogen (secondary N) is 1. The molecule has 0 aliphatic heterocycles. The van der Waals surface area contributed by atoms with Crippen LogP contribution in [-0.4, -0.2) is 22.6 Å². The molecule has 1 aliphatic carbocycles. The second kappa shape index (κ2) is 4.90. The van der Waals surface area contributed by atoms with Crippen LogP contribution in [0.5, 0.6) is 5.88 Å². The zero-order chi connectivity index (χ0) is 12.3. The summed E-state index contributed by atoms with van der Waals surface area (Å²) in [5.41, 5.74) is 0.344. The fraction of sp³-hybridized carbons (Fsp3) is 0.692. The fourth-order valence-electron chi connectivity index (χ4n) is 2.42. The fourth-order valence-corrected chi connectivity index (χ4v) is 2.42. The van der Waals surface area contributed by atoms with E-state index in [-0.39, 0.29) is 0 Å². The summed E-state index contributed by atoms with van der Waals surface area (Å²) < 4.78 is 5.37. The molecular formula is C13H21N3O. The van der Waals surface area contributed by atoms with E-state index in [0.717, 1.165) is 5.82 Å². The van der Waals surface area contributed by atoms with Gasteiger partial charge in [0.15, 0.2) is 0 Å². The van der Waals surface area contributed by atoms with Crippen molar-refractivity contribution in [1.29, 1.82) is 0 Å². The normalized spacial score (nSPS) is 22.4. The predicted octanol–water partition coefficient (Wildman–Crippen LogP) is 2.87. The molecule has 1 saturated carbocycles. The first-order valence-corrected chi connectivity index (χ1v) is 6.33. The van der Waals surface area contributed by atoms with Crippen LogP contribution in [0.3, 0.4) is 0 Å². The summed E-state index contributed by atoms with van der Waals surface area (Å²) >= 11 is 0.